The van der Waals surface area contributed by atoms with Gasteiger partial charge in [0.05, 0.1) is 0 Å². The molecule has 44 heavy (non-hydrogen) atoms. The molecule has 3 aliphatic rings. The first-order chi connectivity index (χ1) is 19.9. The molecule has 4 aromatic carbocycles. The van der Waals surface area contributed by atoms with Gasteiger partial charge in [-0.1, -0.05) is 75.9 Å². The van der Waals surface area contributed by atoms with Gasteiger partial charge in [0, 0.05) is 0 Å². The fourth-order valence-electron chi connectivity index (χ4n) is 6.44. The molecule has 0 spiro atoms. The quantitative estimate of drug-likeness (QED) is 0.240. The van der Waals surface area contributed by atoms with Crippen LogP contribution in [0.2, 0.25) is 0 Å². The number of fused-ring (bicyclic) bond motifs is 5. The molecule has 0 N–H and O–H groups in total. The molecule has 228 valence electrons. The molecule has 0 saturated heterocycles. The van der Waals surface area contributed by atoms with Crippen molar-refractivity contribution in [2.75, 3.05) is 0 Å². The molecule has 0 aliphatic heterocycles. The first-order valence-corrected chi connectivity index (χ1v) is 16.7. The van der Waals surface area contributed by atoms with Crippen LogP contribution in [-0.2, 0) is 35.1 Å². The van der Waals surface area contributed by atoms with Crippen LogP contribution in [0.4, 0.5) is 0 Å². The summed E-state index contributed by atoms with van der Waals surface area (Å²) in [6.45, 7) is 18.3. The van der Waals surface area contributed by atoms with E-state index < -0.39 is 0 Å². The monoisotopic (exact) mass is 696 g/mol. The van der Waals surface area contributed by atoms with Gasteiger partial charge in [-0.05, 0) is 59.8 Å². The first-order valence-electron chi connectivity index (χ1n) is 15.3. The molecule has 0 nitrogen and oxygen atoms in total. The Morgan fingerprint density at radius 3 is 1.59 bits per heavy atom. The molecule has 0 bridgehead atoms. The van der Waals surface area contributed by atoms with Gasteiger partial charge < -0.3 is 24.8 Å². The molecule has 0 radical (unpaired) electrons. The minimum atomic E-state index is 0. The third-order valence-electron chi connectivity index (χ3n) is 9.18. The number of allylic oxidation sites excluding steroid dienone is 8. The molecule has 0 fully saturated rings. The van der Waals surface area contributed by atoms with E-state index in [1.807, 2.05) is 12.1 Å². The molecule has 4 aromatic rings. The Bertz CT molecular complexity index is 1680. The second-order valence-electron chi connectivity index (χ2n) is 13.6. The maximum absolute atomic E-state index is 3.15. The second kappa shape index (κ2) is 14.5. The molecule has 3 aliphatic carbocycles. The zero-order valence-corrected chi connectivity index (χ0v) is 31.4. The van der Waals surface area contributed by atoms with E-state index in [9.17, 15) is 0 Å². The topological polar surface area (TPSA) is 0 Å². The maximum atomic E-state index is 3.15. The van der Waals surface area contributed by atoms with Gasteiger partial charge >= 0.3 is 63.8 Å². The molecule has 0 saturated carbocycles. The van der Waals surface area contributed by atoms with Crippen molar-refractivity contribution in [2.24, 2.45) is 5.92 Å². The van der Waals surface area contributed by atoms with Crippen molar-refractivity contribution in [2.45, 2.75) is 79.1 Å². The van der Waals surface area contributed by atoms with Gasteiger partial charge in [0.1, 0.15) is 0 Å². The van der Waals surface area contributed by atoms with Gasteiger partial charge in [-0.3, -0.25) is 6.08 Å². The third-order valence-corrected chi connectivity index (χ3v) is 10.00. The van der Waals surface area contributed by atoms with Crippen molar-refractivity contribution in [1.29, 1.82) is 0 Å². The first kappa shape index (κ1) is 36.3. The molecule has 1 atom stereocenters. The van der Waals surface area contributed by atoms with Crippen LogP contribution in [0.5, 0.6) is 0 Å². The van der Waals surface area contributed by atoms with Crippen molar-refractivity contribution in [3.05, 3.63) is 124 Å². The third kappa shape index (κ3) is 7.61. The van der Waals surface area contributed by atoms with Crippen molar-refractivity contribution in [1.82, 2.24) is 0 Å². The van der Waals surface area contributed by atoms with Gasteiger partial charge in [0.2, 0.25) is 0 Å². The van der Waals surface area contributed by atoms with Gasteiger partial charge in [-0.2, -0.15) is 6.08 Å². The van der Waals surface area contributed by atoms with E-state index in [4.69, 9.17) is 0 Å². The Morgan fingerprint density at radius 2 is 1.25 bits per heavy atom. The summed E-state index contributed by atoms with van der Waals surface area (Å²) in [5, 5.41) is 5.61. The van der Waals surface area contributed by atoms with Crippen LogP contribution < -0.4 is 24.8 Å². The van der Waals surface area contributed by atoms with Crippen LogP contribution in [0.3, 0.4) is 0 Å². The summed E-state index contributed by atoms with van der Waals surface area (Å²) in [5.74, 6) is 0.556. The summed E-state index contributed by atoms with van der Waals surface area (Å²) in [6, 6.07) is 22.6. The Hall–Kier alpha value is -2.18. The number of hydrogen-bond donors (Lipinski definition) is 0. The number of halogens is 2. The van der Waals surface area contributed by atoms with Gasteiger partial charge in [0.25, 0.3) is 0 Å². The standard InChI is InChI=1S/C27H29.C7H9.C7H6.2ClH.Zr/c1-16-7-9-26(3,4)24-12-18-11-19-13-25-21(17(2)8-10-27(25,5)6)15-23(19)22(18)14-20(16)24;1-6-3-4-7(2)5-6;1-7-5-3-2-4-6-7;;;/h7-8,11-15H,9-10H2,1-6H3;3,5,7H,1-2H3;1-6H;2*1H;/q2*-1;;;;+2/p-2. The molecule has 0 aromatic heterocycles. The Balaban J connectivity index is 0.000000257. The summed E-state index contributed by atoms with van der Waals surface area (Å²) in [7, 11) is 0. The van der Waals surface area contributed by atoms with Crippen molar-refractivity contribution < 1.29 is 49.0 Å². The van der Waals surface area contributed by atoms with E-state index in [1.54, 1.807) is 0 Å². The van der Waals surface area contributed by atoms with E-state index in [0.717, 1.165) is 12.8 Å². The predicted molar refractivity (Wildman–Crippen MR) is 182 cm³/mol. The van der Waals surface area contributed by atoms with E-state index in [2.05, 4.69) is 138 Å². The molecular weight excluding hydrogens is 655 g/mol. The Labute approximate surface area is 292 Å². The molecular formula is C41H44Cl2Zr-2. The summed E-state index contributed by atoms with van der Waals surface area (Å²) in [6.07, 6.45) is 14.5. The second-order valence-corrected chi connectivity index (χ2v) is 14.3. The molecule has 7 rings (SSSR count). The van der Waals surface area contributed by atoms with Crippen LogP contribution in [0.25, 0.3) is 32.7 Å². The molecule has 0 heterocycles. The van der Waals surface area contributed by atoms with Crippen LogP contribution in [0.1, 0.15) is 96.0 Å². The zero-order chi connectivity index (χ0) is 30.2. The van der Waals surface area contributed by atoms with Crippen molar-refractivity contribution >= 4 is 36.4 Å². The predicted octanol–water partition coefficient (Wildman–Crippen LogP) is 5.21. The van der Waals surface area contributed by atoms with Crippen LogP contribution in [0.15, 0.2) is 90.5 Å². The number of rotatable bonds is 1. The normalized spacial score (nSPS) is 18.5. The fourth-order valence-corrected chi connectivity index (χ4v) is 6.91. The molecule has 1 unspecified atom stereocenters. The average Bonchev–Trinajstić information content (AvgIpc) is 3.53. The Kier molecular flexibility index (Phi) is 12.0. The van der Waals surface area contributed by atoms with Crippen LogP contribution >= 0.6 is 0 Å². The summed E-state index contributed by atoms with van der Waals surface area (Å²) in [5.41, 5.74) is 11.8. The average molecular weight is 699 g/mol. The summed E-state index contributed by atoms with van der Waals surface area (Å²) in [4.78, 5) is 0. The van der Waals surface area contributed by atoms with Gasteiger partial charge in [-0.15, -0.1) is 46.7 Å². The van der Waals surface area contributed by atoms with E-state index >= 15 is 0 Å². The minimum absolute atomic E-state index is 0. The summed E-state index contributed by atoms with van der Waals surface area (Å²) >= 11 is 1.46. The summed E-state index contributed by atoms with van der Waals surface area (Å²) < 4.78 is 2.17. The number of hydrogen-bond acceptors (Lipinski definition) is 0. The SMILES string of the molecule is CC1=CC(C)[C-]=C1.CC1=CCC(C)(C)c2cc3[cH-]c4cc5c(cc4c3cc21)C(C)=CCC5(C)C.[Cl-].[Cl-].[Zr+2]=[CH]c1ccccc1. The van der Waals surface area contributed by atoms with E-state index in [1.165, 1.54) is 90.3 Å². The van der Waals surface area contributed by atoms with Gasteiger partial charge in [0.15, 0.2) is 0 Å². The van der Waals surface area contributed by atoms with Crippen LogP contribution in [0, 0.1) is 12.0 Å². The molecule has 3 heteroatoms. The van der Waals surface area contributed by atoms with Crippen molar-refractivity contribution in [3.63, 3.8) is 0 Å². The van der Waals surface area contributed by atoms with E-state index in [-0.39, 0.29) is 35.6 Å². The van der Waals surface area contributed by atoms with E-state index in [0.29, 0.717) is 5.92 Å². The zero-order valence-electron chi connectivity index (χ0n) is 27.4. The number of benzene rings is 3. The Morgan fingerprint density at radius 1 is 0.773 bits per heavy atom. The van der Waals surface area contributed by atoms with Gasteiger partial charge in [-0.25, -0.2) is 11.6 Å². The fraction of sp³-hybridized carbons (Fsp3) is 0.317. The molecule has 0 amide bonds. The van der Waals surface area contributed by atoms with Crippen LogP contribution in [-0.4, -0.2) is 3.71 Å². The van der Waals surface area contributed by atoms with Crippen molar-refractivity contribution in [3.8, 4) is 0 Å².